The molecule has 0 bridgehead atoms. The molecule has 1 aromatic rings. The normalized spacial score (nSPS) is 16.3. The number of hydrogen-bond acceptors (Lipinski definition) is 3. The molecule has 1 aromatic heterocycles. The van der Waals surface area contributed by atoms with Crippen LogP contribution in [0.2, 0.25) is 0 Å². The first-order valence-corrected chi connectivity index (χ1v) is 5.56. The number of nitrogen functional groups attached to an aromatic ring is 1. The number of nitrogens with two attached hydrogens (primary N) is 1. The van der Waals surface area contributed by atoms with Crippen LogP contribution in [0, 0.1) is 0 Å². The summed E-state index contributed by atoms with van der Waals surface area (Å²) in [6, 6.07) is 0. The van der Waals surface area contributed by atoms with Gasteiger partial charge in [-0.2, -0.15) is 18.3 Å². The third-order valence-electron chi connectivity index (χ3n) is 2.79. The molecule has 1 aliphatic heterocycles. The summed E-state index contributed by atoms with van der Waals surface area (Å²) in [6.45, 7) is -0.204. The molecule has 1 saturated heterocycles. The van der Waals surface area contributed by atoms with E-state index in [1.807, 2.05) is 0 Å². The maximum Gasteiger partial charge on any atom is 0.408 e. The van der Waals surface area contributed by atoms with Gasteiger partial charge < -0.3 is 10.6 Å². The molecule has 1 amide bonds. The topological polar surface area (TPSA) is 64.1 Å². The Labute approximate surface area is 101 Å². The first-order valence-electron chi connectivity index (χ1n) is 5.56. The molecular weight excluding hydrogens is 249 g/mol. The molecule has 2 heterocycles. The van der Waals surface area contributed by atoms with E-state index in [0.717, 1.165) is 19.0 Å². The van der Waals surface area contributed by atoms with Crippen molar-refractivity contribution in [1.82, 2.24) is 14.7 Å². The number of hydrogen-bond donors (Lipinski definition) is 1. The summed E-state index contributed by atoms with van der Waals surface area (Å²) in [4.78, 5) is 13.6. The lowest BCUT2D eigenvalue weighted by atomic mass is 10.3. The fourth-order valence-corrected chi connectivity index (χ4v) is 1.99. The van der Waals surface area contributed by atoms with E-state index in [0.29, 0.717) is 17.8 Å². The first-order chi connectivity index (χ1) is 8.38. The highest BCUT2D eigenvalue weighted by molar-refractivity contribution is 5.97. The Hall–Kier alpha value is -1.73. The molecule has 0 spiro atoms. The van der Waals surface area contributed by atoms with Gasteiger partial charge in [0.15, 0.2) is 0 Å². The number of amides is 1. The average molecular weight is 262 g/mol. The van der Waals surface area contributed by atoms with Crippen molar-refractivity contribution in [3.8, 4) is 0 Å². The lowest BCUT2D eigenvalue weighted by molar-refractivity contribution is -0.142. The SMILES string of the molecule is Nc1cnn(CC(F)(F)F)c1C(=O)N1CCCC1. The fourth-order valence-electron chi connectivity index (χ4n) is 1.99. The molecular formula is C10H13F3N4O. The summed E-state index contributed by atoms with van der Waals surface area (Å²) >= 11 is 0. The molecule has 5 nitrogen and oxygen atoms in total. The number of carbonyl (C=O) groups is 1. The van der Waals surface area contributed by atoms with Gasteiger partial charge in [0.25, 0.3) is 5.91 Å². The Bertz CT molecular complexity index is 448. The summed E-state index contributed by atoms with van der Waals surface area (Å²) in [7, 11) is 0. The maximum absolute atomic E-state index is 12.3. The number of alkyl halides is 3. The Balaban J connectivity index is 2.25. The van der Waals surface area contributed by atoms with Crippen molar-refractivity contribution in [2.75, 3.05) is 18.8 Å². The molecule has 0 radical (unpaired) electrons. The second-order valence-corrected chi connectivity index (χ2v) is 4.22. The number of aromatic nitrogens is 2. The molecule has 2 N–H and O–H groups in total. The van der Waals surface area contributed by atoms with Gasteiger partial charge in [0.05, 0.1) is 11.9 Å². The van der Waals surface area contributed by atoms with Gasteiger partial charge >= 0.3 is 6.18 Å². The summed E-state index contributed by atoms with van der Waals surface area (Å²) in [5, 5.41) is 3.52. The van der Waals surface area contributed by atoms with Crippen LogP contribution in [-0.2, 0) is 6.54 Å². The molecule has 1 fully saturated rings. The lowest BCUT2D eigenvalue weighted by Gasteiger charge is -2.17. The Morgan fingerprint density at radius 2 is 2.00 bits per heavy atom. The van der Waals surface area contributed by atoms with Gasteiger partial charge in [-0.3, -0.25) is 4.79 Å². The van der Waals surface area contributed by atoms with E-state index in [4.69, 9.17) is 5.73 Å². The molecule has 18 heavy (non-hydrogen) atoms. The molecule has 8 heteroatoms. The molecule has 0 unspecified atom stereocenters. The smallest absolute Gasteiger partial charge is 0.396 e. The van der Waals surface area contributed by atoms with Crippen LogP contribution < -0.4 is 5.73 Å². The highest BCUT2D eigenvalue weighted by Gasteiger charge is 2.33. The number of carbonyl (C=O) groups excluding carboxylic acids is 1. The summed E-state index contributed by atoms with van der Waals surface area (Å²) in [5.41, 5.74) is 5.34. The van der Waals surface area contributed by atoms with Crippen molar-refractivity contribution >= 4 is 11.6 Å². The zero-order chi connectivity index (χ0) is 13.3. The van der Waals surface area contributed by atoms with Gasteiger partial charge in [0.1, 0.15) is 12.2 Å². The Kier molecular flexibility index (Phi) is 3.18. The third kappa shape index (κ3) is 2.57. The fraction of sp³-hybridized carbons (Fsp3) is 0.600. The summed E-state index contributed by atoms with van der Waals surface area (Å²) in [5.74, 6) is -0.480. The van der Waals surface area contributed by atoms with Crippen molar-refractivity contribution in [2.45, 2.75) is 25.6 Å². The van der Waals surface area contributed by atoms with Crippen LogP contribution in [0.5, 0.6) is 0 Å². The molecule has 0 aromatic carbocycles. The zero-order valence-corrected chi connectivity index (χ0v) is 9.57. The van der Waals surface area contributed by atoms with Crippen LogP contribution in [0.3, 0.4) is 0 Å². The highest BCUT2D eigenvalue weighted by atomic mass is 19.4. The van der Waals surface area contributed by atoms with Crippen molar-refractivity contribution in [1.29, 1.82) is 0 Å². The number of halogens is 3. The number of rotatable bonds is 2. The van der Waals surface area contributed by atoms with Gasteiger partial charge in [0, 0.05) is 13.1 Å². The van der Waals surface area contributed by atoms with Gasteiger partial charge in [-0.25, -0.2) is 4.68 Å². The largest absolute Gasteiger partial charge is 0.408 e. The monoisotopic (exact) mass is 262 g/mol. The van der Waals surface area contributed by atoms with Gasteiger partial charge in [-0.15, -0.1) is 0 Å². The van der Waals surface area contributed by atoms with Crippen molar-refractivity contribution in [2.24, 2.45) is 0 Å². The van der Waals surface area contributed by atoms with Crippen LogP contribution in [0.1, 0.15) is 23.3 Å². The lowest BCUT2D eigenvalue weighted by Crippen LogP contribution is -2.32. The predicted octanol–water partition coefficient (Wildman–Crippen LogP) is 1.26. The van der Waals surface area contributed by atoms with Crippen molar-refractivity contribution in [3.63, 3.8) is 0 Å². The zero-order valence-electron chi connectivity index (χ0n) is 9.57. The number of nitrogens with zero attached hydrogens (tertiary/aromatic N) is 3. The molecule has 1 aliphatic rings. The number of anilines is 1. The van der Waals surface area contributed by atoms with E-state index >= 15 is 0 Å². The predicted molar refractivity (Wildman–Crippen MR) is 57.8 cm³/mol. The van der Waals surface area contributed by atoms with Crippen LogP contribution in [-0.4, -0.2) is 39.9 Å². The van der Waals surface area contributed by atoms with E-state index in [1.54, 1.807) is 0 Å². The minimum absolute atomic E-state index is 0.0175. The van der Waals surface area contributed by atoms with Gasteiger partial charge in [-0.05, 0) is 12.8 Å². The van der Waals surface area contributed by atoms with E-state index in [1.165, 1.54) is 4.90 Å². The number of likely N-dealkylation sites (tertiary alicyclic amines) is 1. The van der Waals surface area contributed by atoms with E-state index in [2.05, 4.69) is 5.10 Å². The minimum atomic E-state index is -4.43. The molecule has 0 aliphatic carbocycles. The van der Waals surface area contributed by atoms with Crippen LogP contribution in [0.25, 0.3) is 0 Å². The quantitative estimate of drug-likeness (QED) is 0.872. The minimum Gasteiger partial charge on any atom is -0.396 e. The van der Waals surface area contributed by atoms with E-state index in [9.17, 15) is 18.0 Å². The van der Waals surface area contributed by atoms with Crippen LogP contribution >= 0.6 is 0 Å². The highest BCUT2D eigenvalue weighted by Crippen LogP contribution is 2.22. The van der Waals surface area contributed by atoms with Gasteiger partial charge in [-0.1, -0.05) is 0 Å². The standard InChI is InChI=1S/C10H13F3N4O/c11-10(12,13)6-17-8(7(14)5-15-17)9(18)16-3-1-2-4-16/h5H,1-4,6,14H2. The Morgan fingerprint density at radius 1 is 1.39 bits per heavy atom. The average Bonchev–Trinajstić information content (AvgIpc) is 2.85. The van der Waals surface area contributed by atoms with Crippen LogP contribution in [0.15, 0.2) is 6.20 Å². The second-order valence-electron chi connectivity index (χ2n) is 4.22. The maximum atomic E-state index is 12.3. The first kappa shape index (κ1) is 12.7. The van der Waals surface area contributed by atoms with Crippen LogP contribution in [0.4, 0.5) is 18.9 Å². The van der Waals surface area contributed by atoms with Crippen molar-refractivity contribution < 1.29 is 18.0 Å². The Morgan fingerprint density at radius 3 is 2.56 bits per heavy atom. The molecule has 2 rings (SSSR count). The molecule has 100 valence electrons. The van der Waals surface area contributed by atoms with E-state index < -0.39 is 18.6 Å². The molecule has 0 atom stereocenters. The third-order valence-corrected chi connectivity index (χ3v) is 2.79. The molecule has 0 saturated carbocycles. The summed E-state index contributed by atoms with van der Waals surface area (Å²) in [6.07, 6.45) is -1.63. The second kappa shape index (κ2) is 4.51. The van der Waals surface area contributed by atoms with Gasteiger partial charge in [0.2, 0.25) is 0 Å². The summed E-state index contributed by atoms with van der Waals surface area (Å²) < 4.78 is 37.7. The van der Waals surface area contributed by atoms with Crippen molar-refractivity contribution in [3.05, 3.63) is 11.9 Å². The van der Waals surface area contributed by atoms with E-state index in [-0.39, 0.29) is 11.4 Å².